The first-order valence-electron chi connectivity index (χ1n) is 4.49. The maximum Gasteiger partial charge on any atom is 0.387 e. The third kappa shape index (κ3) is 4.08. The van der Waals surface area contributed by atoms with Gasteiger partial charge in [-0.05, 0) is 13.0 Å². The molecule has 0 aliphatic heterocycles. The van der Waals surface area contributed by atoms with Gasteiger partial charge in [0.2, 0.25) is 0 Å². The smallest absolute Gasteiger partial charge is 0.387 e. The van der Waals surface area contributed by atoms with Gasteiger partial charge in [-0.2, -0.15) is 8.78 Å². The number of hydrogen-bond acceptors (Lipinski definition) is 2. The summed E-state index contributed by atoms with van der Waals surface area (Å²) >= 11 is 0. The van der Waals surface area contributed by atoms with Crippen molar-refractivity contribution < 1.29 is 18.6 Å². The number of halogens is 2. The Kier molecular flexibility index (Phi) is 4.24. The van der Waals surface area contributed by atoms with E-state index in [0.29, 0.717) is 5.56 Å². The number of ether oxygens (including phenoxy) is 1. The zero-order chi connectivity index (χ0) is 11.3. The monoisotopic (exact) mass is 214 g/mol. The number of hydrogen-bond donors (Lipinski definition) is 1. The SMILES string of the molecule is CC(O)/C=C/c1ccccc1OC(F)F. The lowest BCUT2D eigenvalue weighted by atomic mass is 10.1. The second-order valence-corrected chi connectivity index (χ2v) is 3.02. The lowest BCUT2D eigenvalue weighted by molar-refractivity contribution is -0.0499. The van der Waals surface area contributed by atoms with Gasteiger partial charge < -0.3 is 9.84 Å². The van der Waals surface area contributed by atoms with E-state index < -0.39 is 12.7 Å². The third-order valence-electron chi connectivity index (χ3n) is 1.69. The van der Waals surface area contributed by atoms with Crippen molar-refractivity contribution in [2.75, 3.05) is 0 Å². The molecule has 1 atom stereocenters. The van der Waals surface area contributed by atoms with Gasteiger partial charge in [-0.3, -0.25) is 0 Å². The predicted molar refractivity (Wildman–Crippen MR) is 53.8 cm³/mol. The number of alkyl halides is 2. The summed E-state index contributed by atoms with van der Waals surface area (Å²) in [5.41, 5.74) is 0.513. The summed E-state index contributed by atoms with van der Waals surface area (Å²) in [4.78, 5) is 0. The van der Waals surface area contributed by atoms with Gasteiger partial charge in [-0.25, -0.2) is 0 Å². The number of para-hydroxylation sites is 1. The molecule has 0 radical (unpaired) electrons. The summed E-state index contributed by atoms with van der Waals surface area (Å²) in [6.45, 7) is -1.27. The third-order valence-corrected chi connectivity index (χ3v) is 1.69. The molecule has 0 spiro atoms. The van der Waals surface area contributed by atoms with Gasteiger partial charge >= 0.3 is 6.61 Å². The zero-order valence-corrected chi connectivity index (χ0v) is 8.23. The van der Waals surface area contributed by atoms with Crippen LogP contribution in [0.1, 0.15) is 12.5 Å². The Morgan fingerprint density at radius 3 is 2.60 bits per heavy atom. The van der Waals surface area contributed by atoms with Crippen molar-refractivity contribution in [1.29, 1.82) is 0 Å². The van der Waals surface area contributed by atoms with Crippen LogP contribution in [-0.4, -0.2) is 17.8 Å². The molecule has 1 aromatic carbocycles. The van der Waals surface area contributed by atoms with Crippen molar-refractivity contribution in [2.24, 2.45) is 0 Å². The van der Waals surface area contributed by atoms with Gasteiger partial charge in [0, 0.05) is 5.56 Å². The summed E-state index contributed by atoms with van der Waals surface area (Å²) in [7, 11) is 0. The largest absolute Gasteiger partial charge is 0.434 e. The molecule has 2 nitrogen and oxygen atoms in total. The van der Waals surface area contributed by atoms with E-state index in [1.165, 1.54) is 12.1 Å². The molecule has 1 N–H and O–H groups in total. The van der Waals surface area contributed by atoms with Gasteiger partial charge in [0.15, 0.2) is 0 Å². The molecular formula is C11H12F2O2. The Morgan fingerprint density at radius 1 is 1.33 bits per heavy atom. The van der Waals surface area contributed by atoms with E-state index in [4.69, 9.17) is 5.11 Å². The van der Waals surface area contributed by atoms with Crippen LogP contribution in [0.25, 0.3) is 6.08 Å². The quantitative estimate of drug-likeness (QED) is 0.834. The van der Waals surface area contributed by atoms with Crippen LogP contribution in [-0.2, 0) is 0 Å². The van der Waals surface area contributed by atoms with Gasteiger partial charge in [-0.1, -0.05) is 30.4 Å². The first kappa shape index (κ1) is 11.7. The normalized spacial score (nSPS) is 13.4. The molecule has 82 valence electrons. The van der Waals surface area contributed by atoms with Crippen LogP contribution in [0.5, 0.6) is 5.75 Å². The fraction of sp³-hybridized carbons (Fsp3) is 0.273. The fourth-order valence-electron chi connectivity index (χ4n) is 1.06. The Balaban J connectivity index is 2.86. The highest BCUT2D eigenvalue weighted by Crippen LogP contribution is 2.21. The number of aliphatic hydroxyl groups excluding tert-OH is 1. The van der Waals surface area contributed by atoms with Crippen molar-refractivity contribution in [3.8, 4) is 5.75 Å². The van der Waals surface area contributed by atoms with E-state index in [0.717, 1.165) is 0 Å². The Morgan fingerprint density at radius 2 is 2.00 bits per heavy atom. The minimum absolute atomic E-state index is 0.101. The topological polar surface area (TPSA) is 29.5 Å². The van der Waals surface area contributed by atoms with Gasteiger partial charge in [0.1, 0.15) is 5.75 Å². The van der Waals surface area contributed by atoms with Crippen molar-refractivity contribution in [3.63, 3.8) is 0 Å². The second-order valence-electron chi connectivity index (χ2n) is 3.02. The Hall–Kier alpha value is -1.42. The molecule has 1 rings (SSSR count). The van der Waals surface area contributed by atoms with E-state index in [1.807, 2.05) is 0 Å². The lowest BCUT2D eigenvalue weighted by Gasteiger charge is -2.07. The molecule has 0 aliphatic rings. The maximum absolute atomic E-state index is 12.0. The summed E-state index contributed by atoms with van der Waals surface area (Å²) in [6, 6.07) is 6.40. The molecule has 0 amide bonds. The molecule has 1 unspecified atom stereocenters. The van der Waals surface area contributed by atoms with Crippen LogP contribution in [0.3, 0.4) is 0 Å². The molecule has 1 aromatic rings. The van der Waals surface area contributed by atoms with Crippen molar-refractivity contribution >= 4 is 6.08 Å². The van der Waals surface area contributed by atoms with Crippen molar-refractivity contribution in [1.82, 2.24) is 0 Å². The summed E-state index contributed by atoms with van der Waals surface area (Å²) in [5, 5.41) is 9.01. The van der Waals surface area contributed by atoms with Gasteiger partial charge in [-0.15, -0.1) is 0 Å². The Bertz CT molecular complexity index is 335. The van der Waals surface area contributed by atoms with E-state index >= 15 is 0 Å². The first-order chi connectivity index (χ1) is 7.09. The molecule has 0 aromatic heterocycles. The number of benzene rings is 1. The standard InChI is InChI=1S/C11H12F2O2/c1-8(14)6-7-9-4-2-3-5-10(9)15-11(12)13/h2-8,11,14H,1H3/b7-6+. The van der Waals surface area contributed by atoms with Gasteiger partial charge in [0.05, 0.1) is 6.10 Å². The van der Waals surface area contributed by atoms with E-state index in [2.05, 4.69) is 4.74 Å². The fourth-order valence-corrected chi connectivity index (χ4v) is 1.06. The predicted octanol–water partition coefficient (Wildman–Crippen LogP) is 2.68. The average Bonchev–Trinajstić information content (AvgIpc) is 2.15. The number of rotatable bonds is 4. The van der Waals surface area contributed by atoms with Crippen LogP contribution in [0, 0.1) is 0 Å². The molecule has 0 bridgehead atoms. The zero-order valence-electron chi connectivity index (χ0n) is 8.23. The van der Waals surface area contributed by atoms with Crippen LogP contribution >= 0.6 is 0 Å². The summed E-state index contributed by atoms with van der Waals surface area (Å²) in [5.74, 6) is 0.101. The first-order valence-corrected chi connectivity index (χ1v) is 4.49. The maximum atomic E-state index is 12.0. The minimum atomic E-state index is -2.84. The van der Waals surface area contributed by atoms with E-state index in [-0.39, 0.29) is 5.75 Å². The van der Waals surface area contributed by atoms with Crippen molar-refractivity contribution in [3.05, 3.63) is 35.9 Å². The highest BCUT2D eigenvalue weighted by molar-refractivity contribution is 5.57. The number of aliphatic hydroxyl groups is 1. The molecular weight excluding hydrogens is 202 g/mol. The van der Waals surface area contributed by atoms with Crippen molar-refractivity contribution in [2.45, 2.75) is 19.6 Å². The van der Waals surface area contributed by atoms with Crippen LogP contribution in [0.15, 0.2) is 30.3 Å². The molecule has 0 aliphatic carbocycles. The molecule has 0 fully saturated rings. The molecule has 4 heteroatoms. The van der Waals surface area contributed by atoms with Crippen LogP contribution in [0.4, 0.5) is 8.78 Å². The Labute approximate surface area is 86.8 Å². The average molecular weight is 214 g/mol. The highest BCUT2D eigenvalue weighted by Gasteiger charge is 2.06. The van der Waals surface area contributed by atoms with Crippen LogP contribution < -0.4 is 4.74 Å². The summed E-state index contributed by atoms with van der Waals surface area (Å²) in [6.07, 6.45) is 2.42. The van der Waals surface area contributed by atoms with E-state index in [9.17, 15) is 8.78 Å². The van der Waals surface area contributed by atoms with Gasteiger partial charge in [0.25, 0.3) is 0 Å². The minimum Gasteiger partial charge on any atom is -0.434 e. The van der Waals surface area contributed by atoms with Crippen LogP contribution in [0.2, 0.25) is 0 Å². The molecule has 0 heterocycles. The molecule has 0 saturated carbocycles. The summed E-state index contributed by atoms with van der Waals surface area (Å²) < 4.78 is 28.3. The molecule has 15 heavy (non-hydrogen) atoms. The molecule has 0 saturated heterocycles. The second kappa shape index (κ2) is 5.46. The highest BCUT2D eigenvalue weighted by atomic mass is 19.3. The lowest BCUT2D eigenvalue weighted by Crippen LogP contribution is -2.03. The van der Waals surface area contributed by atoms with E-state index in [1.54, 1.807) is 31.2 Å².